The molecule has 30 heavy (non-hydrogen) atoms. The fourth-order valence-electron chi connectivity index (χ4n) is 3.76. The maximum atomic E-state index is 13.8. The Morgan fingerprint density at radius 1 is 1.03 bits per heavy atom. The van der Waals surface area contributed by atoms with Gasteiger partial charge in [-0.25, -0.2) is 4.39 Å². The second-order valence-corrected chi connectivity index (χ2v) is 7.35. The summed E-state index contributed by atoms with van der Waals surface area (Å²) in [5.41, 5.74) is 2.45. The average molecular weight is 407 g/mol. The number of rotatable bonds is 4. The Hall–Kier alpha value is -3.61. The largest absolute Gasteiger partial charge is 0.450 e. The fraction of sp³-hybridized carbons (Fsp3) is 0.217. The first-order valence-electron chi connectivity index (χ1n) is 9.67. The molecule has 4 rings (SSSR count). The van der Waals surface area contributed by atoms with Crippen LogP contribution in [-0.4, -0.2) is 14.1 Å². The van der Waals surface area contributed by atoms with Gasteiger partial charge in [0.25, 0.3) is 11.1 Å². The second kappa shape index (κ2) is 7.33. The summed E-state index contributed by atoms with van der Waals surface area (Å²) in [5.74, 6) is 0.223. The minimum Gasteiger partial charge on any atom is -0.450 e. The SMILES string of the molecule is CCn1ccc(-c2cn(C)c(=O)c3[nH]ccc23)c(Oc2c(C)cc(F)cc2C)c1=O. The van der Waals surface area contributed by atoms with Crippen molar-refractivity contribution in [1.29, 1.82) is 0 Å². The molecule has 4 aromatic rings. The molecule has 0 bridgehead atoms. The van der Waals surface area contributed by atoms with Gasteiger partial charge in [-0.15, -0.1) is 0 Å². The van der Waals surface area contributed by atoms with Crippen molar-refractivity contribution >= 4 is 10.9 Å². The first-order valence-corrected chi connectivity index (χ1v) is 9.67. The maximum absolute atomic E-state index is 13.8. The lowest BCUT2D eigenvalue weighted by Gasteiger charge is -2.17. The molecule has 154 valence electrons. The van der Waals surface area contributed by atoms with Crippen LogP contribution >= 0.6 is 0 Å². The number of nitrogens with one attached hydrogen (secondary N) is 1. The smallest absolute Gasteiger partial charge is 0.294 e. The van der Waals surface area contributed by atoms with Crippen LogP contribution in [0.5, 0.6) is 11.5 Å². The lowest BCUT2D eigenvalue weighted by Crippen LogP contribution is -2.21. The number of hydrogen-bond donors (Lipinski definition) is 1. The third kappa shape index (κ3) is 3.12. The number of hydrogen-bond acceptors (Lipinski definition) is 3. The highest BCUT2D eigenvalue weighted by atomic mass is 19.1. The molecule has 0 spiro atoms. The van der Waals surface area contributed by atoms with Gasteiger partial charge in [0.15, 0.2) is 5.75 Å². The van der Waals surface area contributed by atoms with E-state index in [-0.39, 0.29) is 22.7 Å². The van der Waals surface area contributed by atoms with E-state index in [0.29, 0.717) is 45.5 Å². The number of fused-ring (bicyclic) bond motifs is 1. The molecule has 3 aromatic heterocycles. The number of nitrogens with zero attached hydrogens (tertiary/aromatic N) is 2. The first kappa shape index (κ1) is 19.7. The number of halogens is 1. The molecule has 0 aliphatic rings. The van der Waals surface area contributed by atoms with E-state index in [2.05, 4.69) is 4.98 Å². The zero-order valence-corrected chi connectivity index (χ0v) is 17.2. The number of aromatic amines is 1. The van der Waals surface area contributed by atoms with Crippen LogP contribution in [0.2, 0.25) is 0 Å². The molecule has 0 saturated carbocycles. The Morgan fingerprint density at radius 3 is 2.40 bits per heavy atom. The van der Waals surface area contributed by atoms with E-state index in [1.807, 2.05) is 6.92 Å². The predicted molar refractivity (Wildman–Crippen MR) is 115 cm³/mol. The Balaban J connectivity index is 2.01. The molecule has 0 saturated heterocycles. The van der Waals surface area contributed by atoms with E-state index in [9.17, 15) is 14.0 Å². The summed E-state index contributed by atoms with van der Waals surface area (Å²) < 4.78 is 22.9. The number of aromatic nitrogens is 3. The minimum absolute atomic E-state index is 0.137. The number of H-pyrrole nitrogens is 1. The second-order valence-electron chi connectivity index (χ2n) is 7.35. The number of benzene rings is 1. The first-order chi connectivity index (χ1) is 14.3. The Labute approximate surface area is 172 Å². The van der Waals surface area contributed by atoms with Gasteiger partial charge in [-0.05, 0) is 56.2 Å². The molecular weight excluding hydrogens is 385 g/mol. The summed E-state index contributed by atoms with van der Waals surface area (Å²) >= 11 is 0. The Bertz CT molecular complexity index is 1370. The van der Waals surface area contributed by atoms with Crippen LogP contribution in [0.3, 0.4) is 0 Å². The highest BCUT2D eigenvalue weighted by molar-refractivity contribution is 5.95. The van der Waals surface area contributed by atoms with E-state index < -0.39 is 0 Å². The van der Waals surface area contributed by atoms with Gasteiger partial charge in [0.1, 0.15) is 17.1 Å². The van der Waals surface area contributed by atoms with Crippen molar-refractivity contribution in [3.63, 3.8) is 0 Å². The number of pyridine rings is 2. The van der Waals surface area contributed by atoms with Gasteiger partial charge < -0.3 is 18.9 Å². The van der Waals surface area contributed by atoms with Crippen molar-refractivity contribution in [2.75, 3.05) is 0 Å². The summed E-state index contributed by atoms with van der Waals surface area (Å²) in [4.78, 5) is 28.6. The summed E-state index contributed by atoms with van der Waals surface area (Å²) in [5, 5.41) is 0.698. The van der Waals surface area contributed by atoms with E-state index >= 15 is 0 Å². The molecule has 1 N–H and O–H groups in total. The van der Waals surface area contributed by atoms with Crippen molar-refractivity contribution in [2.24, 2.45) is 7.05 Å². The van der Waals surface area contributed by atoms with Crippen LogP contribution in [0, 0.1) is 19.7 Å². The molecule has 6 nitrogen and oxygen atoms in total. The van der Waals surface area contributed by atoms with Crippen molar-refractivity contribution in [3.8, 4) is 22.6 Å². The van der Waals surface area contributed by atoms with Gasteiger partial charge in [-0.3, -0.25) is 9.59 Å². The molecule has 3 heterocycles. The summed E-state index contributed by atoms with van der Waals surface area (Å²) in [6.07, 6.45) is 5.09. The van der Waals surface area contributed by atoms with E-state index in [0.717, 1.165) is 0 Å². The maximum Gasteiger partial charge on any atom is 0.294 e. The minimum atomic E-state index is -0.358. The van der Waals surface area contributed by atoms with Gasteiger partial charge in [0, 0.05) is 48.7 Å². The fourth-order valence-corrected chi connectivity index (χ4v) is 3.76. The number of aryl methyl sites for hydroxylation is 4. The third-order valence-electron chi connectivity index (χ3n) is 5.28. The monoisotopic (exact) mass is 407 g/mol. The molecule has 0 aliphatic carbocycles. The highest BCUT2D eigenvalue weighted by Gasteiger charge is 2.20. The molecule has 1 aromatic carbocycles. The molecular formula is C23H22FN3O3. The predicted octanol–water partition coefficient (Wildman–Crippen LogP) is 4.26. The van der Waals surface area contributed by atoms with E-state index in [1.54, 1.807) is 56.2 Å². The van der Waals surface area contributed by atoms with Crippen LogP contribution in [-0.2, 0) is 13.6 Å². The molecule has 0 unspecified atom stereocenters. The van der Waals surface area contributed by atoms with E-state index in [1.165, 1.54) is 16.7 Å². The van der Waals surface area contributed by atoms with Crippen LogP contribution in [0.1, 0.15) is 18.1 Å². The zero-order valence-electron chi connectivity index (χ0n) is 17.2. The molecule has 0 radical (unpaired) electrons. The van der Waals surface area contributed by atoms with Crippen LogP contribution in [0.4, 0.5) is 4.39 Å². The zero-order chi connectivity index (χ0) is 21.6. The Kier molecular flexibility index (Phi) is 4.81. The van der Waals surface area contributed by atoms with Gasteiger partial charge in [-0.2, -0.15) is 0 Å². The molecule has 0 atom stereocenters. The molecule has 0 aliphatic heterocycles. The summed E-state index contributed by atoms with van der Waals surface area (Å²) in [6.45, 7) is 5.82. The standard InChI is InChI=1S/C23H22FN3O3/c1-5-27-9-7-17(18-12-26(4)22(28)19-16(18)6-8-25-19)21(23(27)29)30-20-13(2)10-15(24)11-14(20)3/h6-12,25H,5H2,1-4H3. The average Bonchev–Trinajstić information content (AvgIpc) is 3.18. The van der Waals surface area contributed by atoms with E-state index in [4.69, 9.17) is 4.74 Å². The quantitative estimate of drug-likeness (QED) is 0.550. The lowest BCUT2D eigenvalue weighted by atomic mass is 10.0. The molecule has 0 amide bonds. The topological polar surface area (TPSA) is 69.0 Å². The number of ether oxygens (including phenoxy) is 1. The van der Waals surface area contributed by atoms with Crippen LogP contribution in [0.25, 0.3) is 22.0 Å². The van der Waals surface area contributed by atoms with Crippen molar-refractivity contribution < 1.29 is 9.13 Å². The van der Waals surface area contributed by atoms with Gasteiger partial charge in [-0.1, -0.05) is 0 Å². The van der Waals surface area contributed by atoms with Gasteiger partial charge >= 0.3 is 0 Å². The third-order valence-corrected chi connectivity index (χ3v) is 5.28. The van der Waals surface area contributed by atoms with Crippen molar-refractivity contribution in [3.05, 3.63) is 80.5 Å². The summed E-state index contributed by atoms with van der Waals surface area (Å²) in [7, 11) is 1.66. The normalized spacial score (nSPS) is 11.2. The van der Waals surface area contributed by atoms with Gasteiger partial charge in [0.2, 0.25) is 0 Å². The Morgan fingerprint density at radius 2 is 1.73 bits per heavy atom. The van der Waals surface area contributed by atoms with Crippen LogP contribution < -0.4 is 15.9 Å². The van der Waals surface area contributed by atoms with Gasteiger partial charge in [0.05, 0.1) is 0 Å². The van der Waals surface area contributed by atoms with Crippen molar-refractivity contribution in [2.45, 2.75) is 27.3 Å². The van der Waals surface area contributed by atoms with Crippen LogP contribution in [0.15, 0.2) is 52.4 Å². The highest BCUT2D eigenvalue weighted by Crippen LogP contribution is 2.36. The van der Waals surface area contributed by atoms with Crippen molar-refractivity contribution in [1.82, 2.24) is 14.1 Å². The molecule has 7 heteroatoms. The molecule has 0 fully saturated rings. The lowest BCUT2D eigenvalue weighted by molar-refractivity contribution is 0.460. The summed E-state index contributed by atoms with van der Waals surface area (Å²) in [6, 6.07) is 6.36.